The van der Waals surface area contributed by atoms with Crippen LogP contribution in [0.15, 0.2) is 52.4 Å². The van der Waals surface area contributed by atoms with E-state index in [9.17, 15) is 14.4 Å². The van der Waals surface area contributed by atoms with Crippen molar-refractivity contribution in [3.63, 3.8) is 0 Å². The molecule has 1 aliphatic heterocycles. The highest BCUT2D eigenvalue weighted by molar-refractivity contribution is 8.00. The predicted octanol–water partition coefficient (Wildman–Crippen LogP) is 3.55. The lowest BCUT2D eigenvalue weighted by Gasteiger charge is -2.32. The van der Waals surface area contributed by atoms with Crippen LogP contribution in [-0.2, 0) is 9.59 Å². The van der Waals surface area contributed by atoms with Crippen molar-refractivity contribution < 1.29 is 9.59 Å². The number of amides is 2. The lowest BCUT2D eigenvalue weighted by Crippen LogP contribution is -2.44. The summed E-state index contributed by atoms with van der Waals surface area (Å²) in [6, 6.07) is 12.6. The summed E-state index contributed by atoms with van der Waals surface area (Å²) in [4.78, 5) is 44.6. The molecule has 33 heavy (non-hydrogen) atoms. The third-order valence-corrected chi connectivity index (χ3v) is 7.27. The lowest BCUT2D eigenvalue weighted by atomic mass is 9.96. The van der Waals surface area contributed by atoms with E-state index in [4.69, 9.17) is 22.3 Å². The minimum absolute atomic E-state index is 0.0558. The smallest absolute Gasteiger partial charge is 0.266 e. The Morgan fingerprint density at radius 3 is 2.55 bits per heavy atom. The number of primary amides is 1. The zero-order valence-corrected chi connectivity index (χ0v) is 20.0. The summed E-state index contributed by atoms with van der Waals surface area (Å²) in [6.45, 7) is 4.72. The Labute approximate surface area is 200 Å². The number of aryl methyl sites for hydroxylation is 1. The van der Waals surface area contributed by atoms with E-state index in [0.29, 0.717) is 47.0 Å². The van der Waals surface area contributed by atoms with Gasteiger partial charge >= 0.3 is 0 Å². The van der Waals surface area contributed by atoms with Crippen molar-refractivity contribution in [3.8, 4) is 5.69 Å². The van der Waals surface area contributed by atoms with E-state index < -0.39 is 5.25 Å². The number of likely N-dealkylation sites (tertiary alicyclic amines) is 1. The van der Waals surface area contributed by atoms with Crippen molar-refractivity contribution in [2.24, 2.45) is 11.7 Å². The average Bonchev–Trinajstić information content (AvgIpc) is 2.79. The summed E-state index contributed by atoms with van der Waals surface area (Å²) >= 11 is 7.39. The van der Waals surface area contributed by atoms with E-state index in [1.54, 1.807) is 27.7 Å². The monoisotopic (exact) mass is 484 g/mol. The zero-order chi connectivity index (χ0) is 23.7. The van der Waals surface area contributed by atoms with Gasteiger partial charge in [-0.3, -0.25) is 19.0 Å². The summed E-state index contributed by atoms with van der Waals surface area (Å²) in [6.07, 6.45) is 1.14. The number of halogens is 1. The van der Waals surface area contributed by atoms with Crippen LogP contribution in [0.25, 0.3) is 16.6 Å². The van der Waals surface area contributed by atoms with Crippen molar-refractivity contribution in [1.29, 1.82) is 0 Å². The number of nitrogens with zero attached hydrogens (tertiary/aromatic N) is 3. The fraction of sp³-hybridized carbons (Fsp3) is 0.333. The second-order valence-electron chi connectivity index (χ2n) is 8.24. The van der Waals surface area contributed by atoms with Crippen molar-refractivity contribution in [2.75, 3.05) is 13.1 Å². The molecule has 2 aromatic carbocycles. The van der Waals surface area contributed by atoms with E-state index >= 15 is 0 Å². The minimum Gasteiger partial charge on any atom is -0.369 e. The molecule has 4 rings (SSSR count). The molecule has 2 N–H and O–H groups in total. The second-order valence-corrected chi connectivity index (χ2v) is 9.99. The molecule has 0 saturated carbocycles. The molecule has 9 heteroatoms. The predicted molar refractivity (Wildman–Crippen MR) is 131 cm³/mol. The van der Waals surface area contributed by atoms with Gasteiger partial charge in [-0.15, -0.1) is 0 Å². The molecule has 1 fully saturated rings. The molecule has 2 amide bonds. The van der Waals surface area contributed by atoms with Gasteiger partial charge in [0.1, 0.15) is 0 Å². The molecular weight excluding hydrogens is 460 g/mol. The first-order chi connectivity index (χ1) is 15.8. The first kappa shape index (κ1) is 23.3. The highest BCUT2D eigenvalue weighted by atomic mass is 35.5. The van der Waals surface area contributed by atoms with Gasteiger partial charge in [0.2, 0.25) is 11.8 Å². The molecule has 1 aliphatic rings. The van der Waals surface area contributed by atoms with Crippen molar-refractivity contribution in [1.82, 2.24) is 14.5 Å². The second kappa shape index (κ2) is 9.57. The van der Waals surface area contributed by atoms with E-state index in [-0.39, 0.29) is 23.3 Å². The maximum Gasteiger partial charge on any atom is 0.266 e. The third kappa shape index (κ3) is 4.77. The van der Waals surface area contributed by atoms with Gasteiger partial charge in [0.25, 0.3) is 5.56 Å². The maximum absolute atomic E-state index is 13.5. The summed E-state index contributed by atoms with van der Waals surface area (Å²) in [7, 11) is 0. The lowest BCUT2D eigenvalue weighted by molar-refractivity contribution is -0.134. The molecule has 1 atom stereocenters. The minimum atomic E-state index is -0.478. The van der Waals surface area contributed by atoms with Crippen LogP contribution >= 0.6 is 23.4 Å². The number of hydrogen-bond acceptors (Lipinski definition) is 5. The molecule has 1 unspecified atom stereocenters. The fourth-order valence-electron chi connectivity index (χ4n) is 4.09. The average molecular weight is 485 g/mol. The van der Waals surface area contributed by atoms with Crippen LogP contribution in [-0.4, -0.2) is 44.6 Å². The Kier molecular flexibility index (Phi) is 6.76. The van der Waals surface area contributed by atoms with Gasteiger partial charge in [0, 0.05) is 24.0 Å². The van der Waals surface area contributed by atoms with Gasteiger partial charge in [-0.25, -0.2) is 4.98 Å². The molecule has 0 bridgehead atoms. The number of benzene rings is 2. The normalized spacial score (nSPS) is 15.5. The molecule has 1 aromatic heterocycles. The molecule has 7 nitrogen and oxygen atoms in total. The van der Waals surface area contributed by atoms with Gasteiger partial charge in [0.05, 0.1) is 21.8 Å². The Morgan fingerprint density at radius 1 is 1.18 bits per heavy atom. The molecule has 0 radical (unpaired) electrons. The number of fused-ring (bicyclic) bond motifs is 1. The largest absolute Gasteiger partial charge is 0.369 e. The van der Waals surface area contributed by atoms with E-state index in [0.717, 1.165) is 11.3 Å². The third-order valence-electron chi connectivity index (χ3n) is 6.00. The quantitative estimate of drug-likeness (QED) is 0.441. The van der Waals surface area contributed by atoms with Gasteiger partial charge in [-0.05, 0) is 56.5 Å². The van der Waals surface area contributed by atoms with Crippen LogP contribution in [0.1, 0.15) is 25.3 Å². The summed E-state index contributed by atoms with van der Waals surface area (Å²) in [5.41, 5.74) is 7.32. The highest BCUT2D eigenvalue weighted by Gasteiger charge is 2.29. The molecule has 1 saturated heterocycles. The first-order valence-corrected chi connectivity index (χ1v) is 12.0. The summed E-state index contributed by atoms with van der Waals surface area (Å²) in [5, 5.41) is 0.894. The van der Waals surface area contributed by atoms with E-state index in [1.807, 2.05) is 38.1 Å². The Hall–Kier alpha value is -2.84. The number of carbonyl (C=O) groups excluding carboxylic acids is 2. The number of thioether (sulfide) groups is 1. The number of carbonyl (C=O) groups is 2. The number of hydrogen-bond donors (Lipinski definition) is 1. The van der Waals surface area contributed by atoms with Crippen LogP contribution in [0.3, 0.4) is 0 Å². The van der Waals surface area contributed by atoms with Gasteiger partial charge in [-0.2, -0.15) is 0 Å². The molecule has 0 spiro atoms. The molecule has 0 aliphatic carbocycles. The Balaban J connectivity index is 1.70. The molecule has 2 heterocycles. The number of nitrogens with two attached hydrogens (primary N) is 1. The first-order valence-electron chi connectivity index (χ1n) is 10.8. The van der Waals surface area contributed by atoms with Crippen molar-refractivity contribution >= 4 is 46.1 Å². The maximum atomic E-state index is 13.5. The number of piperidine rings is 1. The van der Waals surface area contributed by atoms with E-state index in [1.165, 1.54) is 11.8 Å². The van der Waals surface area contributed by atoms with Crippen LogP contribution < -0.4 is 11.3 Å². The highest BCUT2D eigenvalue weighted by Crippen LogP contribution is 2.29. The number of para-hydroxylation sites is 1. The van der Waals surface area contributed by atoms with Gasteiger partial charge < -0.3 is 10.6 Å². The van der Waals surface area contributed by atoms with Crippen LogP contribution in [0.5, 0.6) is 0 Å². The molecule has 3 aromatic rings. The van der Waals surface area contributed by atoms with Crippen LogP contribution in [0.2, 0.25) is 5.02 Å². The van der Waals surface area contributed by atoms with E-state index in [2.05, 4.69) is 0 Å². The Morgan fingerprint density at radius 2 is 1.88 bits per heavy atom. The van der Waals surface area contributed by atoms with Crippen molar-refractivity contribution in [3.05, 3.63) is 63.4 Å². The Bertz CT molecular complexity index is 1280. The van der Waals surface area contributed by atoms with Gasteiger partial charge in [0.15, 0.2) is 5.16 Å². The SMILES string of the molecule is Cc1ccccc1-n1c(SC(C)C(=O)N2CCC(C(N)=O)CC2)nc2cc(Cl)ccc2c1=O. The van der Waals surface area contributed by atoms with Crippen LogP contribution in [0, 0.1) is 12.8 Å². The zero-order valence-electron chi connectivity index (χ0n) is 18.5. The standard InChI is InChI=1S/C24H25ClN4O3S/c1-14-5-3-4-6-20(14)29-23(32)18-8-7-17(25)13-19(18)27-24(29)33-15(2)22(31)28-11-9-16(10-12-28)21(26)30/h3-8,13,15-16H,9-12H2,1-2H3,(H2,26,30). The molecule has 172 valence electrons. The summed E-state index contributed by atoms with van der Waals surface area (Å²) in [5.74, 6) is -0.555. The molecular formula is C24H25ClN4O3S. The fourth-order valence-corrected chi connectivity index (χ4v) is 5.26. The topological polar surface area (TPSA) is 98.3 Å². The summed E-state index contributed by atoms with van der Waals surface area (Å²) < 4.78 is 1.57. The number of rotatable bonds is 5. The number of aromatic nitrogens is 2. The van der Waals surface area contributed by atoms with Crippen LogP contribution in [0.4, 0.5) is 0 Å². The van der Waals surface area contributed by atoms with Crippen molar-refractivity contribution in [2.45, 2.75) is 37.1 Å². The van der Waals surface area contributed by atoms with Gasteiger partial charge in [-0.1, -0.05) is 41.6 Å².